The van der Waals surface area contributed by atoms with E-state index in [9.17, 15) is 22.4 Å². The van der Waals surface area contributed by atoms with Crippen LogP contribution in [0, 0.1) is 23.3 Å². The number of hydrogen-bond acceptors (Lipinski definition) is 4. The monoisotopic (exact) mass is 275 g/mol. The van der Waals surface area contributed by atoms with Crippen molar-refractivity contribution in [1.29, 1.82) is 0 Å². The van der Waals surface area contributed by atoms with Gasteiger partial charge in [-0.1, -0.05) is 0 Å². The SMILES string of the molecule is Nc1n[nH]c(C(=O)Nc2c(F)c(F)cc(F)c2F)n1. The summed E-state index contributed by atoms with van der Waals surface area (Å²) in [6.07, 6.45) is 0. The van der Waals surface area contributed by atoms with E-state index in [-0.39, 0.29) is 12.0 Å². The molecule has 1 heterocycles. The summed E-state index contributed by atoms with van der Waals surface area (Å²) in [6.45, 7) is 0. The van der Waals surface area contributed by atoms with Gasteiger partial charge in [0.15, 0.2) is 23.3 Å². The fourth-order valence-corrected chi connectivity index (χ4v) is 1.23. The number of nitrogens with one attached hydrogen (secondary N) is 2. The van der Waals surface area contributed by atoms with Crippen LogP contribution in [0.3, 0.4) is 0 Å². The molecule has 1 amide bonds. The molecule has 10 heteroatoms. The lowest BCUT2D eigenvalue weighted by Crippen LogP contribution is -2.17. The second kappa shape index (κ2) is 4.55. The van der Waals surface area contributed by atoms with Crippen LogP contribution in [0.4, 0.5) is 29.2 Å². The average molecular weight is 275 g/mol. The molecule has 0 fully saturated rings. The quantitative estimate of drug-likeness (QED) is 0.566. The van der Waals surface area contributed by atoms with Crippen molar-refractivity contribution in [2.24, 2.45) is 0 Å². The summed E-state index contributed by atoms with van der Waals surface area (Å²) in [5.74, 6) is -8.68. The van der Waals surface area contributed by atoms with Crippen molar-refractivity contribution in [1.82, 2.24) is 15.2 Å². The smallest absolute Gasteiger partial charge is 0.293 e. The van der Waals surface area contributed by atoms with Gasteiger partial charge in [0.2, 0.25) is 11.8 Å². The summed E-state index contributed by atoms with van der Waals surface area (Å²) in [5.41, 5.74) is 3.85. The Morgan fingerprint density at radius 1 is 1.21 bits per heavy atom. The van der Waals surface area contributed by atoms with E-state index in [4.69, 9.17) is 5.73 Å². The lowest BCUT2D eigenvalue weighted by molar-refractivity contribution is 0.101. The number of nitrogens with zero attached hydrogens (tertiary/aromatic N) is 2. The Kier molecular flexibility index (Phi) is 3.07. The molecule has 0 saturated heterocycles. The maximum atomic E-state index is 13.3. The number of carbonyl (C=O) groups is 1. The molecule has 0 unspecified atom stereocenters. The van der Waals surface area contributed by atoms with E-state index in [1.165, 1.54) is 0 Å². The van der Waals surface area contributed by atoms with Gasteiger partial charge in [-0.2, -0.15) is 4.98 Å². The van der Waals surface area contributed by atoms with E-state index in [0.29, 0.717) is 0 Å². The summed E-state index contributed by atoms with van der Waals surface area (Å²) >= 11 is 0. The summed E-state index contributed by atoms with van der Waals surface area (Å²) in [5, 5.41) is 7.00. The van der Waals surface area contributed by atoms with Gasteiger partial charge < -0.3 is 11.1 Å². The van der Waals surface area contributed by atoms with Gasteiger partial charge in [-0.3, -0.25) is 9.89 Å². The van der Waals surface area contributed by atoms with Crippen molar-refractivity contribution < 1.29 is 22.4 Å². The van der Waals surface area contributed by atoms with Crippen molar-refractivity contribution in [3.63, 3.8) is 0 Å². The molecule has 1 aromatic carbocycles. The minimum Gasteiger partial charge on any atom is -0.366 e. The number of aromatic nitrogens is 3. The molecule has 19 heavy (non-hydrogen) atoms. The Morgan fingerprint density at radius 2 is 1.79 bits per heavy atom. The third kappa shape index (κ3) is 2.32. The van der Waals surface area contributed by atoms with E-state index in [0.717, 1.165) is 0 Å². The first kappa shape index (κ1) is 12.8. The largest absolute Gasteiger partial charge is 0.366 e. The lowest BCUT2D eigenvalue weighted by atomic mass is 10.2. The van der Waals surface area contributed by atoms with Gasteiger partial charge in [0.05, 0.1) is 0 Å². The summed E-state index contributed by atoms with van der Waals surface area (Å²) < 4.78 is 52.3. The molecule has 0 atom stereocenters. The second-order valence-electron chi connectivity index (χ2n) is 3.34. The van der Waals surface area contributed by atoms with E-state index in [2.05, 4.69) is 15.2 Å². The molecule has 0 saturated carbocycles. The van der Waals surface area contributed by atoms with Crippen LogP contribution >= 0.6 is 0 Å². The Hall–Kier alpha value is -2.65. The zero-order chi connectivity index (χ0) is 14.2. The highest BCUT2D eigenvalue weighted by Gasteiger charge is 2.22. The Labute approximate surface area is 102 Å². The molecule has 0 aliphatic rings. The number of nitrogens with two attached hydrogens (primary N) is 1. The lowest BCUT2D eigenvalue weighted by Gasteiger charge is -2.07. The highest BCUT2D eigenvalue weighted by Crippen LogP contribution is 2.24. The van der Waals surface area contributed by atoms with Gasteiger partial charge in [0.1, 0.15) is 5.69 Å². The predicted molar refractivity (Wildman–Crippen MR) is 55.0 cm³/mol. The van der Waals surface area contributed by atoms with Crippen molar-refractivity contribution in [2.75, 3.05) is 11.1 Å². The summed E-state index contributed by atoms with van der Waals surface area (Å²) in [6, 6.07) is 0.0206. The normalized spacial score (nSPS) is 10.5. The van der Waals surface area contributed by atoms with E-state index < -0.39 is 40.7 Å². The second-order valence-corrected chi connectivity index (χ2v) is 3.34. The van der Waals surface area contributed by atoms with E-state index in [1.807, 2.05) is 0 Å². The maximum absolute atomic E-state index is 13.3. The van der Waals surface area contributed by atoms with Crippen molar-refractivity contribution in [2.45, 2.75) is 0 Å². The Morgan fingerprint density at radius 3 is 2.26 bits per heavy atom. The molecule has 100 valence electrons. The first-order valence-electron chi connectivity index (χ1n) is 4.72. The minimum absolute atomic E-state index is 0.0206. The Balaban J connectivity index is 2.36. The first-order chi connectivity index (χ1) is 8.90. The first-order valence-corrected chi connectivity index (χ1v) is 4.72. The number of carbonyl (C=O) groups excluding carboxylic acids is 1. The van der Waals surface area contributed by atoms with Gasteiger partial charge >= 0.3 is 0 Å². The van der Waals surface area contributed by atoms with Gasteiger partial charge in [0.25, 0.3) is 5.91 Å². The molecular weight excluding hydrogens is 270 g/mol. The van der Waals surface area contributed by atoms with Gasteiger partial charge in [-0.05, 0) is 0 Å². The average Bonchev–Trinajstić information content (AvgIpc) is 2.79. The van der Waals surface area contributed by atoms with Crippen LogP contribution < -0.4 is 11.1 Å². The topological polar surface area (TPSA) is 96.7 Å². The number of benzene rings is 1. The minimum atomic E-state index is -1.74. The zero-order valence-electron chi connectivity index (χ0n) is 8.97. The number of anilines is 2. The number of aromatic amines is 1. The molecule has 1 aromatic heterocycles. The van der Waals surface area contributed by atoms with Crippen LogP contribution in [-0.2, 0) is 0 Å². The predicted octanol–water partition coefficient (Wildman–Crippen LogP) is 1.20. The van der Waals surface area contributed by atoms with Crippen LogP contribution in [0.15, 0.2) is 6.07 Å². The van der Waals surface area contributed by atoms with Crippen LogP contribution in [0.5, 0.6) is 0 Å². The molecular formula is C9H5F4N5O. The van der Waals surface area contributed by atoms with Crippen LogP contribution in [-0.4, -0.2) is 21.1 Å². The van der Waals surface area contributed by atoms with Crippen LogP contribution in [0.2, 0.25) is 0 Å². The summed E-state index contributed by atoms with van der Waals surface area (Å²) in [7, 11) is 0. The zero-order valence-corrected chi connectivity index (χ0v) is 8.97. The van der Waals surface area contributed by atoms with Gasteiger partial charge in [0, 0.05) is 6.07 Å². The highest BCUT2D eigenvalue weighted by molar-refractivity contribution is 6.01. The molecule has 0 radical (unpaired) electrons. The fraction of sp³-hybridized carbons (Fsp3) is 0. The number of hydrogen-bond donors (Lipinski definition) is 3. The highest BCUT2D eigenvalue weighted by atomic mass is 19.2. The molecule has 0 spiro atoms. The van der Waals surface area contributed by atoms with Gasteiger partial charge in [-0.15, -0.1) is 5.10 Å². The van der Waals surface area contributed by atoms with Gasteiger partial charge in [-0.25, -0.2) is 17.6 Å². The standard InChI is InChI=1S/C9H5F4N5O/c10-2-1-3(11)5(13)6(4(2)12)15-8(19)7-16-9(14)18-17-7/h1H,(H,15,19)(H3,14,16,17,18). The third-order valence-corrected chi connectivity index (χ3v) is 2.07. The maximum Gasteiger partial charge on any atom is 0.293 e. The Bertz CT molecular complexity index is 630. The van der Waals surface area contributed by atoms with Crippen molar-refractivity contribution in [3.8, 4) is 0 Å². The fourth-order valence-electron chi connectivity index (χ4n) is 1.23. The number of nitrogen functional groups attached to an aromatic ring is 1. The summed E-state index contributed by atoms with van der Waals surface area (Å²) in [4.78, 5) is 14.9. The molecule has 4 N–H and O–H groups in total. The van der Waals surface area contributed by atoms with E-state index >= 15 is 0 Å². The third-order valence-electron chi connectivity index (χ3n) is 2.07. The molecule has 0 bridgehead atoms. The van der Waals surface area contributed by atoms with Crippen molar-refractivity contribution in [3.05, 3.63) is 35.2 Å². The molecule has 0 aliphatic heterocycles. The molecule has 2 aromatic rings. The molecule has 2 rings (SSSR count). The number of halogens is 4. The number of H-pyrrole nitrogens is 1. The molecule has 6 nitrogen and oxygen atoms in total. The van der Waals surface area contributed by atoms with Crippen LogP contribution in [0.1, 0.15) is 10.6 Å². The van der Waals surface area contributed by atoms with E-state index in [1.54, 1.807) is 5.32 Å². The number of rotatable bonds is 2. The van der Waals surface area contributed by atoms with Crippen LogP contribution in [0.25, 0.3) is 0 Å². The number of amides is 1. The van der Waals surface area contributed by atoms with Crippen molar-refractivity contribution >= 4 is 17.5 Å². The molecule has 0 aliphatic carbocycles.